The third-order valence-electron chi connectivity index (χ3n) is 6.72. The number of nitrogens with zero attached hydrogens (tertiary/aromatic N) is 2. The van der Waals surface area contributed by atoms with Crippen LogP contribution in [0, 0.1) is 0 Å². The fourth-order valence-corrected chi connectivity index (χ4v) is 4.89. The average molecular weight is 432 g/mol. The van der Waals surface area contributed by atoms with Crippen molar-refractivity contribution in [1.82, 2.24) is 15.2 Å². The van der Waals surface area contributed by atoms with Crippen molar-refractivity contribution in [3.8, 4) is 0 Å². The van der Waals surface area contributed by atoms with Crippen LogP contribution in [0.4, 0.5) is 11.4 Å². The van der Waals surface area contributed by atoms with Crippen LogP contribution in [-0.2, 0) is 0 Å². The topological polar surface area (TPSA) is 80.5 Å². The van der Waals surface area contributed by atoms with Gasteiger partial charge in [0.1, 0.15) is 0 Å². The number of carbonyl (C=O) groups is 1. The summed E-state index contributed by atoms with van der Waals surface area (Å²) in [6.45, 7) is 4.68. The molecule has 0 spiro atoms. The highest BCUT2D eigenvalue weighted by atomic mass is 16.1. The largest absolute Gasteiger partial charge is 0.381 e. The van der Waals surface area contributed by atoms with Crippen molar-refractivity contribution in [3.05, 3.63) is 69.7 Å². The molecule has 1 fully saturated rings. The zero-order chi connectivity index (χ0) is 22.1. The number of anilines is 2. The first-order valence-corrected chi connectivity index (χ1v) is 11.3. The SMILES string of the molecule is CNC(=O)c1ccc(N2CCN([C@H]3C=C(c4cc5c(c(=O)[nH]4)C=CCN5)CC3)CC2)cc1. The number of piperazine rings is 1. The van der Waals surface area contributed by atoms with Crippen molar-refractivity contribution in [2.24, 2.45) is 0 Å². The molecule has 1 aliphatic carbocycles. The molecule has 2 aliphatic heterocycles. The van der Waals surface area contributed by atoms with Gasteiger partial charge in [0.05, 0.1) is 5.56 Å². The summed E-state index contributed by atoms with van der Waals surface area (Å²) < 4.78 is 0. The zero-order valence-electron chi connectivity index (χ0n) is 18.4. The lowest BCUT2D eigenvalue weighted by atomic mass is 10.1. The summed E-state index contributed by atoms with van der Waals surface area (Å²) in [7, 11) is 1.65. The number of rotatable bonds is 4. The summed E-state index contributed by atoms with van der Waals surface area (Å²) in [5, 5.41) is 5.96. The molecule has 3 aliphatic rings. The van der Waals surface area contributed by atoms with E-state index in [2.05, 4.69) is 37.6 Å². The molecule has 7 nitrogen and oxygen atoms in total. The fourth-order valence-electron chi connectivity index (χ4n) is 4.89. The first-order valence-electron chi connectivity index (χ1n) is 11.3. The van der Waals surface area contributed by atoms with E-state index < -0.39 is 0 Å². The van der Waals surface area contributed by atoms with Crippen molar-refractivity contribution in [1.29, 1.82) is 0 Å². The second-order valence-electron chi connectivity index (χ2n) is 8.57. The minimum Gasteiger partial charge on any atom is -0.381 e. The molecule has 3 N–H and O–H groups in total. The minimum absolute atomic E-state index is 0.0265. The monoisotopic (exact) mass is 431 g/mol. The van der Waals surface area contributed by atoms with Gasteiger partial charge in [-0.25, -0.2) is 0 Å². The van der Waals surface area contributed by atoms with E-state index >= 15 is 0 Å². The molecule has 2 aromatic rings. The molecule has 7 heteroatoms. The number of aromatic amines is 1. The highest BCUT2D eigenvalue weighted by molar-refractivity contribution is 5.94. The van der Waals surface area contributed by atoms with Gasteiger partial charge in [-0.2, -0.15) is 0 Å². The summed E-state index contributed by atoms with van der Waals surface area (Å²) in [6.07, 6.45) is 8.27. The van der Waals surface area contributed by atoms with Gasteiger partial charge in [0, 0.05) is 68.4 Å². The first kappa shape index (κ1) is 20.6. The van der Waals surface area contributed by atoms with Crippen LogP contribution < -0.4 is 21.1 Å². The van der Waals surface area contributed by atoms with Crippen LogP contribution in [0.3, 0.4) is 0 Å². The number of hydrogen-bond acceptors (Lipinski definition) is 5. The molecule has 3 heterocycles. The van der Waals surface area contributed by atoms with E-state index in [1.54, 1.807) is 7.05 Å². The standard InChI is InChI=1S/C25H29N5O2/c1-26-24(31)17-4-7-19(8-5-17)29-11-13-30(14-12-29)20-9-6-18(15-20)22-16-23-21(25(32)28-22)3-2-10-27-23/h2-5,7-8,15-16,20,27H,6,9-14H2,1H3,(H,26,31)(H,28,32)/t20-/m1/s1. The van der Waals surface area contributed by atoms with E-state index in [9.17, 15) is 9.59 Å². The lowest BCUT2D eigenvalue weighted by Crippen LogP contribution is -2.49. The maximum atomic E-state index is 12.5. The predicted molar refractivity (Wildman–Crippen MR) is 129 cm³/mol. The van der Waals surface area contributed by atoms with Gasteiger partial charge in [0.15, 0.2) is 0 Å². The molecule has 1 saturated heterocycles. The molecule has 1 aromatic carbocycles. The zero-order valence-corrected chi connectivity index (χ0v) is 18.4. The van der Waals surface area contributed by atoms with Crippen LogP contribution >= 0.6 is 0 Å². The molecule has 32 heavy (non-hydrogen) atoms. The van der Waals surface area contributed by atoms with Gasteiger partial charge in [0.2, 0.25) is 0 Å². The van der Waals surface area contributed by atoms with Crippen LogP contribution in [-0.4, -0.2) is 61.6 Å². The lowest BCUT2D eigenvalue weighted by Gasteiger charge is -2.38. The quantitative estimate of drug-likeness (QED) is 0.693. The normalized spacial score (nSPS) is 20.5. The summed E-state index contributed by atoms with van der Waals surface area (Å²) in [5.74, 6) is -0.0577. The maximum absolute atomic E-state index is 12.5. The molecule has 1 amide bonds. The Bertz CT molecular complexity index is 1120. The molecular weight excluding hydrogens is 402 g/mol. The van der Waals surface area contributed by atoms with Gasteiger partial charge in [0.25, 0.3) is 11.5 Å². The van der Waals surface area contributed by atoms with Gasteiger partial charge in [-0.15, -0.1) is 0 Å². The van der Waals surface area contributed by atoms with Gasteiger partial charge >= 0.3 is 0 Å². The van der Waals surface area contributed by atoms with E-state index in [1.807, 2.05) is 36.4 Å². The number of amides is 1. The smallest absolute Gasteiger partial charge is 0.257 e. The Morgan fingerprint density at radius 2 is 1.91 bits per heavy atom. The molecule has 0 saturated carbocycles. The molecule has 0 radical (unpaired) electrons. The van der Waals surface area contributed by atoms with E-state index in [4.69, 9.17) is 0 Å². The molecule has 166 valence electrons. The maximum Gasteiger partial charge on any atom is 0.257 e. The van der Waals surface area contributed by atoms with Gasteiger partial charge in [-0.1, -0.05) is 12.2 Å². The number of allylic oxidation sites excluding steroid dienone is 1. The molecule has 5 rings (SSSR count). The van der Waals surface area contributed by atoms with Crippen molar-refractivity contribution in [2.45, 2.75) is 18.9 Å². The summed E-state index contributed by atoms with van der Waals surface area (Å²) in [6, 6.07) is 10.3. The number of benzene rings is 1. The molecule has 1 aromatic heterocycles. The number of pyridine rings is 1. The number of H-pyrrole nitrogens is 1. The number of hydrogen-bond donors (Lipinski definition) is 3. The Kier molecular flexibility index (Phi) is 5.57. The summed E-state index contributed by atoms with van der Waals surface area (Å²) in [4.78, 5) is 32.2. The second kappa shape index (κ2) is 8.67. The highest BCUT2D eigenvalue weighted by Crippen LogP contribution is 2.32. The second-order valence-corrected chi connectivity index (χ2v) is 8.57. The van der Waals surface area contributed by atoms with Crippen molar-refractivity contribution in [2.75, 3.05) is 50.0 Å². The Hall–Kier alpha value is -3.32. The Morgan fingerprint density at radius 1 is 1.12 bits per heavy atom. The minimum atomic E-state index is -0.0577. The van der Waals surface area contributed by atoms with Gasteiger partial charge < -0.3 is 20.5 Å². The summed E-state index contributed by atoms with van der Waals surface area (Å²) in [5.41, 5.74) is 5.63. The average Bonchev–Trinajstić information content (AvgIpc) is 3.34. The Labute approximate surface area is 187 Å². The third-order valence-corrected chi connectivity index (χ3v) is 6.72. The van der Waals surface area contributed by atoms with Gasteiger partial charge in [-0.3, -0.25) is 14.5 Å². The number of nitrogens with one attached hydrogen (secondary N) is 3. The Balaban J connectivity index is 1.23. The molecular formula is C25H29N5O2. The molecule has 0 bridgehead atoms. The first-order chi connectivity index (χ1) is 15.6. The van der Waals surface area contributed by atoms with E-state index in [0.717, 1.165) is 68.2 Å². The van der Waals surface area contributed by atoms with Crippen LogP contribution in [0.25, 0.3) is 11.6 Å². The van der Waals surface area contributed by atoms with Crippen LogP contribution in [0.5, 0.6) is 0 Å². The van der Waals surface area contributed by atoms with Crippen LogP contribution in [0.1, 0.15) is 34.5 Å². The van der Waals surface area contributed by atoms with E-state index in [-0.39, 0.29) is 11.5 Å². The van der Waals surface area contributed by atoms with Crippen LogP contribution in [0.2, 0.25) is 0 Å². The van der Waals surface area contributed by atoms with Crippen molar-refractivity contribution < 1.29 is 4.79 Å². The number of aromatic nitrogens is 1. The fraction of sp³-hybridized carbons (Fsp3) is 0.360. The molecule has 0 unspecified atom stereocenters. The van der Waals surface area contributed by atoms with Crippen molar-refractivity contribution >= 4 is 28.9 Å². The third kappa shape index (κ3) is 3.96. The lowest BCUT2D eigenvalue weighted by molar-refractivity contribution is 0.0963. The van der Waals surface area contributed by atoms with Crippen molar-refractivity contribution in [3.63, 3.8) is 0 Å². The number of carbonyl (C=O) groups excluding carboxylic acids is 1. The van der Waals surface area contributed by atoms with E-state index in [1.165, 1.54) is 5.57 Å². The van der Waals surface area contributed by atoms with E-state index in [0.29, 0.717) is 11.6 Å². The predicted octanol–water partition coefficient (Wildman–Crippen LogP) is 2.54. The highest BCUT2D eigenvalue weighted by Gasteiger charge is 2.27. The number of fused-ring (bicyclic) bond motifs is 1. The van der Waals surface area contributed by atoms with Gasteiger partial charge in [-0.05, 0) is 54.8 Å². The Morgan fingerprint density at radius 3 is 2.66 bits per heavy atom. The van der Waals surface area contributed by atoms with Crippen LogP contribution in [0.15, 0.2) is 47.3 Å². The molecule has 1 atom stereocenters. The summed E-state index contributed by atoms with van der Waals surface area (Å²) >= 11 is 0.